The molecule has 0 spiro atoms. The molecule has 0 saturated heterocycles. The van der Waals surface area contributed by atoms with Crippen molar-refractivity contribution in [3.63, 3.8) is 0 Å². The van der Waals surface area contributed by atoms with Gasteiger partial charge in [0.1, 0.15) is 0 Å². The van der Waals surface area contributed by atoms with E-state index in [9.17, 15) is 0 Å². The molecule has 1 aromatic rings. The number of aromatic nitrogens is 2. The van der Waals surface area contributed by atoms with Gasteiger partial charge in [-0.25, -0.2) is 0 Å². The second kappa shape index (κ2) is 7.43. The number of hydrogen-bond acceptors (Lipinski definition) is 3. The van der Waals surface area contributed by atoms with Gasteiger partial charge in [0.25, 0.3) is 0 Å². The number of nitrogens with zero attached hydrogens (tertiary/aromatic N) is 3. The topological polar surface area (TPSA) is 33.1 Å². The monoisotopic (exact) mass is 298 g/mol. The van der Waals surface area contributed by atoms with E-state index in [1.165, 1.54) is 32.1 Å². The third-order valence-electron chi connectivity index (χ3n) is 4.31. The average molecular weight is 299 g/mol. The van der Waals surface area contributed by atoms with Crippen molar-refractivity contribution in [1.29, 1.82) is 0 Å². The van der Waals surface area contributed by atoms with E-state index < -0.39 is 0 Å². The molecule has 1 atom stereocenters. The summed E-state index contributed by atoms with van der Waals surface area (Å²) < 4.78 is 2.07. The molecule has 0 amide bonds. The second-order valence-corrected chi connectivity index (χ2v) is 6.54. The van der Waals surface area contributed by atoms with Crippen molar-refractivity contribution in [2.24, 2.45) is 5.92 Å². The van der Waals surface area contributed by atoms with Crippen LogP contribution in [0.2, 0.25) is 5.02 Å². The predicted molar refractivity (Wildman–Crippen MR) is 84.2 cm³/mol. The van der Waals surface area contributed by atoms with Crippen LogP contribution in [-0.2, 0) is 6.54 Å². The first-order valence-corrected chi connectivity index (χ1v) is 8.02. The van der Waals surface area contributed by atoms with Gasteiger partial charge >= 0.3 is 0 Å². The predicted octanol–water partition coefficient (Wildman–Crippen LogP) is 2.94. The minimum absolute atomic E-state index is 0.315. The van der Waals surface area contributed by atoms with E-state index in [-0.39, 0.29) is 0 Å². The number of halogens is 1. The summed E-state index contributed by atoms with van der Waals surface area (Å²) in [5, 5.41) is 8.68. The summed E-state index contributed by atoms with van der Waals surface area (Å²) in [5.41, 5.74) is 1.16. The van der Waals surface area contributed by atoms with Crippen LogP contribution in [0.15, 0.2) is 6.20 Å². The van der Waals surface area contributed by atoms with Crippen molar-refractivity contribution in [3.8, 4) is 0 Å². The fourth-order valence-electron chi connectivity index (χ4n) is 3.14. The maximum absolute atomic E-state index is 6.38. The molecule has 4 nitrogen and oxygen atoms in total. The van der Waals surface area contributed by atoms with Crippen LogP contribution < -0.4 is 5.32 Å². The third kappa shape index (κ3) is 3.96. The highest BCUT2D eigenvalue weighted by atomic mass is 35.5. The summed E-state index contributed by atoms with van der Waals surface area (Å²) in [5.74, 6) is 0.834. The average Bonchev–Trinajstić information content (AvgIpc) is 3.03. The largest absolute Gasteiger partial charge is 0.312 e. The lowest BCUT2D eigenvalue weighted by atomic mass is 9.96. The molecule has 1 aliphatic carbocycles. The van der Waals surface area contributed by atoms with Gasteiger partial charge in [-0.05, 0) is 33.5 Å². The van der Waals surface area contributed by atoms with Gasteiger partial charge in [-0.2, -0.15) is 5.10 Å². The molecule has 1 aliphatic rings. The van der Waals surface area contributed by atoms with Gasteiger partial charge in [-0.1, -0.05) is 37.3 Å². The Labute approximate surface area is 127 Å². The van der Waals surface area contributed by atoms with Crippen molar-refractivity contribution in [2.45, 2.75) is 44.7 Å². The standard InChI is InChI=1S/C15H27ClN4/c1-17-14(10-12-6-4-5-7-12)15-13(16)11-18-20(15)9-8-19(2)3/h11-12,14,17H,4-10H2,1-3H3. The molecule has 0 radical (unpaired) electrons. The van der Waals surface area contributed by atoms with Gasteiger partial charge in [0.2, 0.25) is 0 Å². The van der Waals surface area contributed by atoms with E-state index in [1.807, 2.05) is 7.05 Å². The summed E-state index contributed by atoms with van der Waals surface area (Å²) in [7, 11) is 6.19. The lowest BCUT2D eigenvalue weighted by Gasteiger charge is -2.22. The lowest BCUT2D eigenvalue weighted by Crippen LogP contribution is -2.26. The summed E-state index contributed by atoms with van der Waals surface area (Å²) in [4.78, 5) is 2.17. The molecule has 1 N–H and O–H groups in total. The number of nitrogens with one attached hydrogen (secondary N) is 1. The molecule has 5 heteroatoms. The number of likely N-dealkylation sites (N-methyl/N-ethyl adjacent to an activating group) is 1. The molecule has 1 unspecified atom stereocenters. The van der Waals surface area contributed by atoms with Gasteiger partial charge in [-0.3, -0.25) is 4.68 Å². The lowest BCUT2D eigenvalue weighted by molar-refractivity contribution is 0.351. The van der Waals surface area contributed by atoms with Gasteiger partial charge < -0.3 is 10.2 Å². The smallest absolute Gasteiger partial charge is 0.0834 e. The summed E-state index contributed by atoms with van der Waals surface area (Å²) in [6, 6.07) is 0.315. The first kappa shape index (κ1) is 15.8. The maximum atomic E-state index is 6.38. The van der Waals surface area contributed by atoms with Crippen LogP contribution in [0.5, 0.6) is 0 Å². The second-order valence-electron chi connectivity index (χ2n) is 6.13. The zero-order valence-corrected chi connectivity index (χ0v) is 13.7. The molecule has 0 aromatic carbocycles. The first-order valence-electron chi connectivity index (χ1n) is 7.65. The van der Waals surface area contributed by atoms with E-state index in [2.05, 4.69) is 34.1 Å². The van der Waals surface area contributed by atoms with Crippen LogP contribution in [0.25, 0.3) is 0 Å². The Morgan fingerprint density at radius 2 is 2.15 bits per heavy atom. The third-order valence-corrected chi connectivity index (χ3v) is 4.61. The van der Waals surface area contributed by atoms with E-state index in [0.29, 0.717) is 6.04 Å². The minimum atomic E-state index is 0.315. The van der Waals surface area contributed by atoms with E-state index in [0.717, 1.165) is 29.7 Å². The van der Waals surface area contributed by atoms with Gasteiger partial charge in [0.05, 0.1) is 29.5 Å². The van der Waals surface area contributed by atoms with Gasteiger partial charge in [0, 0.05) is 6.54 Å². The van der Waals surface area contributed by atoms with Crippen LogP contribution >= 0.6 is 11.6 Å². The first-order chi connectivity index (χ1) is 9.61. The molecule has 1 heterocycles. The van der Waals surface area contributed by atoms with Crippen LogP contribution in [0.3, 0.4) is 0 Å². The van der Waals surface area contributed by atoms with Gasteiger partial charge in [-0.15, -0.1) is 0 Å². The Hall–Kier alpha value is -0.580. The Morgan fingerprint density at radius 1 is 1.45 bits per heavy atom. The maximum Gasteiger partial charge on any atom is 0.0834 e. The number of rotatable bonds is 7. The minimum Gasteiger partial charge on any atom is -0.312 e. The van der Waals surface area contributed by atoms with E-state index in [4.69, 9.17) is 11.6 Å². The molecule has 1 fully saturated rings. The van der Waals surface area contributed by atoms with E-state index >= 15 is 0 Å². The molecule has 1 aromatic heterocycles. The quantitative estimate of drug-likeness (QED) is 0.840. The zero-order chi connectivity index (χ0) is 14.5. The summed E-state index contributed by atoms with van der Waals surface area (Å²) in [6.07, 6.45) is 8.45. The van der Waals surface area contributed by atoms with E-state index in [1.54, 1.807) is 6.20 Å². The molecule has 1 saturated carbocycles. The fraction of sp³-hybridized carbons (Fsp3) is 0.800. The van der Waals surface area contributed by atoms with Crippen molar-refractivity contribution < 1.29 is 0 Å². The van der Waals surface area contributed by atoms with Crippen molar-refractivity contribution in [1.82, 2.24) is 20.0 Å². The highest BCUT2D eigenvalue weighted by molar-refractivity contribution is 6.31. The fourth-order valence-corrected chi connectivity index (χ4v) is 3.41. The Kier molecular flexibility index (Phi) is 5.87. The Bertz CT molecular complexity index is 410. The van der Waals surface area contributed by atoms with Crippen LogP contribution in [0.1, 0.15) is 43.8 Å². The normalized spacial score (nSPS) is 18.1. The van der Waals surface area contributed by atoms with Crippen molar-refractivity contribution >= 4 is 11.6 Å². The van der Waals surface area contributed by atoms with Crippen LogP contribution in [0.4, 0.5) is 0 Å². The van der Waals surface area contributed by atoms with Gasteiger partial charge in [0.15, 0.2) is 0 Å². The molecule has 0 aliphatic heterocycles. The summed E-state index contributed by atoms with van der Waals surface area (Å²) in [6.45, 7) is 1.86. The molecular weight excluding hydrogens is 272 g/mol. The molecule has 0 bridgehead atoms. The van der Waals surface area contributed by atoms with Crippen molar-refractivity contribution in [2.75, 3.05) is 27.7 Å². The molecular formula is C15H27ClN4. The summed E-state index contributed by atoms with van der Waals surface area (Å²) >= 11 is 6.38. The van der Waals surface area contributed by atoms with Crippen LogP contribution in [-0.4, -0.2) is 42.4 Å². The highest BCUT2D eigenvalue weighted by Crippen LogP contribution is 2.34. The molecule has 20 heavy (non-hydrogen) atoms. The zero-order valence-electron chi connectivity index (χ0n) is 12.9. The SMILES string of the molecule is CNC(CC1CCCC1)c1c(Cl)cnn1CCN(C)C. The molecule has 114 valence electrons. The van der Waals surface area contributed by atoms with Crippen molar-refractivity contribution in [3.05, 3.63) is 16.9 Å². The Morgan fingerprint density at radius 3 is 2.75 bits per heavy atom. The number of hydrogen-bond donors (Lipinski definition) is 1. The van der Waals surface area contributed by atoms with Crippen LogP contribution in [0, 0.1) is 5.92 Å². The molecule has 2 rings (SSSR count). The Balaban J connectivity index is 2.08. The highest BCUT2D eigenvalue weighted by Gasteiger charge is 2.24.